The highest BCUT2D eigenvalue weighted by Gasteiger charge is 2.20. The Morgan fingerprint density at radius 3 is 2.43 bits per heavy atom. The van der Waals surface area contributed by atoms with E-state index in [-0.39, 0.29) is 30.7 Å². The lowest BCUT2D eigenvalue weighted by Gasteiger charge is -2.31. The zero-order chi connectivity index (χ0) is 15.5. The standard InChI is InChI=1S/C16H26N4O.2ClH/c1-12-6-8-20(9-7-12)14-5-4-13(10-18-14)15(21)19-16(2,3)11-17;;/h4-5,10,12H,6-9,11,17H2,1-3H3,(H,19,21);2*1H. The van der Waals surface area contributed by atoms with Crippen LogP contribution in [0.15, 0.2) is 18.3 Å². The first kappa shape index (κ1) is 22.0. The van der Waals surface area contributed by atoms with Crippen LogP contribution in [-0.2, 0) is 0 Å². The Bertz CT molecular complexity index is 485. The van der Waals surface area contributed by atoms with E-state index in [4.69, 9.17) is 5.73 Å². The van der Waals surface area contributed by atoms with Crippen molar-refractivity contribution in [2.75, 3.05) is 24.5 Å². The first-order valence-electron chi connectivity index (χ1n) is 7.65. The fraction of sp³-hybridized carbons (Fsp3) is 0.625. The molecule has 1 aliphatic rings. The van der Waals surface area contributed by atoms with Crippen molar-refractivity contribution in [1.29, 1.82) is 0 Å². The minimum absolute atomic E-state index is 0. The predicted molar refractivity (Wildman–Crippen MR) is 99.9 cm³/mol. The molecule has 0 radical (unpaired) electrons. The molecule has 1 aromatic heterocycles. The van der Waals surface area contributed by atoms with Gasteiger partial charge in [0, 0.05) is 31.4 Å². The number of nitrogens with zero attached hydrogens (tertiary/aromatic N) is 2. The van der Waals surface area contributed by atoms with Crippen molar-refractivity contribution in [2.24, 2.45) is 11.7 Å². The summed E-state index contributed by atoms with van der Waals surface area (Å²) in [6, 6.07) is 3.77. The zero-order valence-electron chi connectivity index (χ0n) is 14.0. The van der Waals surface area contributed by atoms with Gasteiger partial charge in [-0.2, -0.15) is 0 Å². The first-order chi connectivity index (χ1) is 9.91. The van der Waals surface area contributed by atoms with Gasteiger partial charge in [-0.1, -0.05) is 6.92 Å². The monoisotopic (exact) mass is 362 g/mol. The fourth-order valence-electron chi connectivity index (χ4n) is 2.38. The second-order valence-electron chi connectivity index (χ2n) is 6.62. The molecular weight excluding hydrogens is 335 g/mol. The molecule has 2 heterocycles. The highest BCUT2D eigenvalue weighted by molar-refractivity contribution is 5.94. The molecule has 0 spiro atoms. The Hall–Kier alpha value is -1.04. The lowest BCUT2D eigenvalue weighted by atomic mass is 9.99. The van der Waals surface area contributed by atoms with E-state index in [0.29, 0.717) is 12.1 Å². The smallest absolute Gasteiger partial charge is 0.253 e. The molecular formula is C16H28Cl2N4O. The van der Waals surface area contributed by atoms with Crippen LogP contribution >= 0.6 is 24.8 Å². The van der Waals surface area contributed by atoms with Gasteiger partial charge < -0.3 is 16.0 Å². The van der Waals surface area contributed by atoms with Gasteiger partial charge in [-0.05, 0) is 44.7 Å². The molecule has 1 amide bonds. The van der Waals surface area contributed by atoms with Gasteiger partial charge in [-0.3, -0.25) is 4.79 Å². The van der Waals surface area contributed by atoms with Crippen LogP contribution in [-0.4, -0.2) is 36.1 Å². The normalized spacial score (nSPS) is 15.4. The highest BCUT2D eigenvalue weighted by Crippen LogP contribution is 2.21. The molecule has 0 atom stereocenters. The van der Waals surface area contributed by atoms with Crippen LogP contribution in [0.1, 0.15) is 44.0 Å². The number of anilines is 1. The third kappa shape index (κ3) is 6.16. The summed E-state index contributed by atoms with van der Waals surface area (Å²) >= 11 is 0. The summed E-state index contributed by atoms with van der Waals surface area (Å²) in [6.45, 7) is 8.58. The lowest BCUT2D eigenvalue weighted by molar-refractivity contribution is 0.0915. The van der Waals surface area contributed by atoms with Gasteiger partial charge in [0.2, 0.25) is 0 Å². The number of hydrogen-bond acceptors (Lipinski definition) is 4. The van der Waals surface area contributed by atoms with Crippen LogP contribution in [0.3, 0.4) is 0 Å². The van der Waals surface area contributed by atoms with Crippen LogP contribution in [0, 0.1) is 5.92 Å². The van der Waals surface area contributed by atoms with Gasteiger partial charge in [0.1, 0.15) is 5.82 Å². The van der Waals surface area contributed by atoms with Crippen molar-refractivity contribution in [2.45, 2.75) is 39.2 Å². The summed E-state index contributed by atoms with van der Waals surface area (Å²) in [6.07, 6.45) is 4.05. The van der Waals surface area contributed by atoms with Gasteiger partial charge in [-0.15, -0.1) is 24.8 Å². The van der Waals surface area contributed by atoms with Crippen molar-refractivity contribution in [3.05, 3.63) is 23.9 Å². The third-order valence-corrected chi connectivity index (χ3v) is 4.08. The Morgan fingerprint density at radius 1 is 1.35 bits per heavy atom. The predicted octanol–water partition coefficient (Wildman–Crippen LogP) is 2.63. The number of hydrogen-bond donors (Lipinski definition) is 2. The quantitative estimate of drug-likeness (QED) is 0.863. The van der Waals surface area contributed by atoms with Crippen molar-refractivity contribution < 1.29 is 4.79 Å². The number of nitrogens with one attached hydrogen (secondary N) is 1. The number of pyridine rings is 1. The average molecular weight is 363 g/mol. The molecule has 132 valence electrons. The van der Waals surface area contributed by atoms with Gasteiger partial charge in [0.25, 0.3) is 5.91 Å². The summed E-state index contributed by atoms with van der Waals surface area (Å²) in [7, 11) is 0. The topological polar surface area (TPSA) is 71.2 Å². The van der Waals surface area contributed by atoms with Gasteiger partial charge in [0.05, 0.1) is 5.56 Å². The number of nitrogens with two attached hydrogens (primary N) is 1. The SMILES string of the molecule is CC1CCN(c2ccc(C(=O)NC(C)(C)CN)cn2)CC1.Cl.Cl. The van der Waals surface area contributed by atoms with Crippen molar-refractivity contribution >= 4 is 36.5 Å². The third-order valence-electron chi connectivity index (χ3n) is 4.08. The number of piperidine rings is 1. The van der Waals surface area contributed by atoms with E-state index in [2.05, 4.69) is 22.1 Å². The summed E-state index contributed by atoms with van der Waals surface area (Å²) in [4.78, 5) is 18.9. The molecule has 0 bridgehead atoms. The summed E-state index contributed by atoms with van der Waals surface area (Å²) in [5.74, 6) is 1.62. The molecule has 2 rings (SSSR count). The van der Waals surface area contributed by atoms with E-state index in [9.17, 15) is 4.79 Å². The second-order valence-corrected chi connectivity index (χ2v) is 6.62. The summed E-state index contributed by atoms with van der Waals surface area (Å²) in [5, 5.41) is 2.91. The van der Waals surface area contributed by atoms with Crippen molar-refractivity contribution in [3.63, 3.8) is 0 Å². The minimum atomic E-state index is -0.404. The van der Waals surface area contributed by atoms with Gasteiger partial charge in [0.15, 0.2) is 0 Å². The zero-order valence-corrected chi connectivity index (χ0v) is 15.7. The molecule has 0 unspecified atom stereocenters. The van der Waals surface area contributed by atoms with Crippen molar-refractivity contribution in [1.82, 2.24) is 10.3 Å². The number of amides is 1. The highest BCUT2D eigenvalue weighted by atomic mass is 35.5. The number of rotatable bonds is 4. The number of aromatic nitrogens is 1. The number of carbonyl (C=O) groups excluding carboxylic acids is 1. The maximum Gasteiger partial charge on any atom is 0.253 e. The maximum absolute atomic E-state index is 12.1. The Morgan fingerprint density at radius 2 is 1.96 bits per heavy atom. The molecule has 1 aromatic rings. The molecule has 0 aliphatic carbocycles. The first-order valence-corrected chi connectivity index (χ1v) is 7.65. The second kappa shape index (κ2) is 9.30. The summed E-state index contributed by atoms with van der Waals surface area (Å²) < 4.78 is 0. The minimum Gasteiger partial charge on any atom is -0.357 e. The molecule has 23 heavy (non-hydrogen) atoms. The van der Waals surface area contributed by atoms with Crippen LogP contribution < -0.4 is 16.0 Å². The largest absolute Gasteiger partial charge is 0.357 e. The molecule has 0 saturated carbocycles. The van der Waals surface area contributed by atoms with E-state index in [0.717, 1.165) is 24.8 Å². The van der Waals surface area contributed by atoms with E-state index in [1.165, 1.54) is 12.8 Å². The van der Waals surface area contributed by atoms with Crippen LogP contribution in [0.4, 0.5) is 5.82 Å². The van der Waals surface area contributed by atoms with Crippen molar-refractivity contribution in [3.8, 4) is 0 Å². The van der Waals surface area contributed by atoms with E-state index >= 15 is 0 Å². The molecule has 5 nitrogen and oxygen atoms in total. The lowest BCUT2D eigenvalue weighted by Crippen LogP contribution is -2.48. The Kier molecular flexibility index (Phi) is 8.88. The van der Waals surface area contributed by atoms with Gasteiger partial charge >= 0.3 is 0 Å². The van der Waals surface area contributed by atoms with Crippen LogP contribution in [0.25, 0.3) is 0 Å². The average Bonchev–Trinajstić information content (AvgIpc) is 2.48. The molecule has 1 saturated heterocycles. The number of carbonyl (C=O) groups is 1. The Balaban J connectivity index is 0.00000242. The number of halogens is 2. The Labute approximate surface area is 151 Å². The summed E-state index contributed by atoms with van der Waals surface area (Å²) in [5.41, 5.74) is 5.80. The molecule has 1 fully saturated rings. The van der Waals surface area contributed by atoms with E-state index in [1.54, 1.807) is 6.20 Å². The molecule has 3 N–H and O–H groups in total. The van der Waals surface area contributed by atoms with Crippen LogP contribution in [0.5, 0.6) is 0 Å². The van der Waals surface area contributed by atoms with E-state index in [1.807, 2.05) is 26.0 Å². The fourth-order valence-corrected chi connectivity index (χ4v) is 2.38. The molecule has 7 heteroatoms. The van der Waals surface area contributed by atoms with E-state index < -0.39 is 5.54 Å². The van der Waals surface area contributed by atoms with Gasteiger partial charge in [-0.25, -0.2) is 4.98 Å². The maximum atomic E-state index is 12.1. The van der Waals surface area contributed by atoms with Crippen LogP contribution in [0.2, 0.25) is 0 Å². The molecule has 0 aromatic carbocycles. The molecule has 1 aliphatic heterocycles.